The van der Waals surface area contributed by atoms with Crippen LogP contribution in [0.3, 0.4) is 0 Å². The zero-order chi connectivity index (χ0) is 14.2. The molecule has 0 heterocycles. The van der Waals surface area contributed by atoms with Crippen LogP contribution in [0.5, 0.6) is 0 Å². The molecule has 3 nitrogen and oxygen atoms in total. The average Bonchev–Trinajstić information content (AvgIpc) is 2.35. The summed E-state index contributed by atoms with van der Waals surface area (Å²) in [5.41, 5.74) is -0.0392. The van der Waals surface area contributed by atoms with Crippen molar-refractivity contribution in [1.29, 1.82) is 0 Å². The fraction of sp³-hybridized carbons (Fsp3) is 1.00. The lowest BCUT2D eigenvalue weighted by molar-refractivity contribution is -0.176. The van der Waals surface area contributed by atoms with Gasteiger partial charge >= 0.3 is 0 Å². The first-order chi connectivity index (χ1) is 9.58. The molecule has 2 unspecified atom stereocenters. The maximum atomic E-state index is 10.7. The highest BCUT2D eigenvalue weighted by molar-refractivity contribution is 5.12. The fourth-order valence-electron chi connectivity index (χ4n) is 4.51. The maximum absolute atomic E-state index is 10.7. The minimum absolute atomic E-state index is 0.411. The molecule has 0 bridgehead atoms. The highest BCUT2D eigenvalue weighted by Gasteiger charge is 2.58. The molecular formula is C17H31NO2. The van der Waals surface area contributed by atoms with Gasteiger partial charge < -0.3 is 15.2 Å². The minimum Gasteiger partial charge on any atom is -0.389 e. The number of ether oxygens (including phenoxy) is 1. The standard InChI is InChI=1S/C17H31NO2/c1-3-20-15-11-14(17(15)7-4-8-17)18-12-16(19)9-5-13(2)6-10-16/h13-15,18-19H,3-12H2,1-2H3. The summed E-state index contributed by atoms with van der Waals surface area (Å²) in [5.74, 6) is 0.791. The third-order valence-electron chi connectivity index (χ3n) is 6.32. The van der Waals surface area contributed by atoms with Crippen molar-refractivity contribution in [2.24, 2.45) is 11.3 Å². The van der Waals surface area contributed by atoms with Crippen molar-refractivity contribution in [2.75, 3.05) is 13.2 Å². The highest BCUT2D eigenvalue weighted by atomic mass is 16.5. The Morgan fingerprint density at radius 2 is 1.90 bits per heavy atom. The van der Waals surface area contributed by atoms with Crippen LogP contribution in [0.25, 0.3) is 0 Å². The van der Waals surface area contributed by atoms with Gasteiger partial charge in [-0.05, 0) is 57.8 Å². The fourth-order valence-corrected chi connectivity index (χ4v) is 4.51. The van der Waals surface area contributed by atoms with Gasteiger partial charge in [0.2, 0.25) is 0 Å². The van der Waals surface area contributed by atoms with Gasteiger partial charge in [-0.1, -0.05) is 13.3 Å². The van der Waals surface area contributed by atoms with Crippen molar-refractivity contribution >= 4 is 0 Å². The first kappa shape index (κ1) is 14.8. The van der Waals surface area contributed by atoms with E-state index in [1.807, 2.05) is 0 Å². The molecular weight excluding hydrogens is 250 g/mol. The van der Waals surface area contributed by atoms with Crippen LogP contribution in [-0.2, 0) is 4.74 Å². The average molecular weight is 281 g/mol. The second-order valence-corrected chi connectivity index (χ2v) is 7.61. The number of aliphatic hydroxyl groups is 1. The molecule has 0 aromatic heterocycles. The summed E-state index contributed by atoms with van der Waals surface area (Å²) in [6.07, 6.45) is 9.87. The van der Waals surface area contributed by atoms with E-state index in [1.54, 1.807) is 0 Å². The van der Waals surface area contributed by atoms with Gasteiger partial charge in [0, 0.05) is 24.6 Å². The van der Waals surface area contributed by atoms with Crippen LogP contribution in [0.4, 0.5) is 0 Å². The summed E-state index contributed by atoms with van der Waals surface area (Å²) in [6, 6.07) is 0.580. The van der Waals surface area contributed by atoms with Gasteiger partial charge in [0.1, 0.15) is 0 Å². The molecule has 3 aliphatic carbocycles. The number of hydrogen-bond donors (Lipinski definition) is 2. The third kappa shape index (κ3) is 2.53. The van der Waals surface area contributed by atoms with E-state index in [2.05, 4.69) is 19.2 Å². The summed E-state index contributed by atoms with van der Waals surface area (Å²) < 4.78 is 5.89. The van der Waals surface area contributed by atoms with E-state index in [1.165, 1.54) is 32.1 Å². The Bertz CT molecular complexity index is 332. The topological polar surface area (TPSA) is 41.5 Å². The van der Waals surface area contributed by atoms with Crippen LogP contribution in [0.1, 0.15) is 65.2 Å². The molecule has 2 N–H and O–H groups in total. The Balaban J connectivity index is 1.49. The molecule has 3 fully saturated rings. The van der Waals surface area contributed by atoms with Crippen molar-refractivity contribution in [2.45, 2.75) is 83.0 Å². The lowest BCUT2D eigenvalue weighted by atomic mass is 9.51. The van der Waals surface area contributed by atoms with E-state index in [-0.39, 0.29) is 0 Å². The van der Waals surface area contributed by atoms with Crippen LogP contribution < -0.4 is 5.32 Å². The minimum atomic E-state index is -0.450. The lowest BCUT2D eigenvalue weighted by Gasteiger charge is -2.61. The van der Waals surface area contributed by atoms with Crippen LogP contribution >= 0.6 is 0 Å². The van der Waals surface area contributed by atoms with Gasteiger partial charge in [-0.2, -0.15) is 0 Å². The molecule has 3 rings (SSSR count). The van der Waals surface area contributed by atoms with Crippen LogP contribution in [0.2, 0.25) is 0 Å². The zero-order valence-electron chi connectivity index (χ0n) is 13.2. The van der Waals surface area contributed by atoms with E-state index in [0.717, 1.165) is 38.3 Å². The van der Waals surface area contributed by atoms with Crippen molar-refractivity contribution in [3.63, 3.8) is 0 Å². The smallest absolute Gasteiger partial charge is 0.0771 e. The summed E-state index contributed by atoms with van der Waals surface area (Å²) in [5, 5.41) is 14.4. The maximum Gasteiger partial charge on any atom is 0.0771 e. The van der Waals surface area contributed by atoms with Gasteiger partial charge in [0.15, 0.2) is 0 Å². The Morgan fingerprint density at radius 1 is 1.20 bits per heavy atom. The van der Waals surface area contributed by atoms with E-state index >= 15 is 0 Å². The molecule has 0 aromatic carbocycles. The molecule has 0 radical (unpaired) electrons. The first-order valence-corrected chi connectivity index (χ1v) is 8.65. The molecule has 0 amide bonds. The molecule has 0 aliphatic heterocycles. The van der Waals surface area contributed by atoms with Crippen LogP contribution in [0.15, 0.2) is 0 Å². The van der Waals surface area contributed by atoms with Gasteiger partial charge in [-0.15, -0.1) is 0 Å². The molecule has 3 heteroatoms. The summed E-state index contributed by atoms with van der Waals surface area (Å²) >= 11 is 0. The summed E-state index contributed by atoms with van der Waals surface area (Å²) in [7, 11) is 0. The summed E-state index contributed by atoms with van der Waals surface area (Å²) in [4.78, 5) is 0. The van der Waals surface area contributed by atoms with Gasteiger partial charge in [0.05, 0.1) is 11.7 Å². The second-order valence-electron chi connectivity index (χ2n) is 7.61. The molecule has 1 spiro atoms. The monoisotopic (exact) mass is 281 g/mol. The normalized spacial score (nSPS) is 43.0. The Hall–Kier alpha value is -0.120. The van der Waals surface area contributed by atoms with E-state index < -0.39 is 5.60 Å². The van der Waals surface area contributed by atoms with E-state index in [0.29, 0.717) is 17.6 Å². The molecule has 0 aromatic rings. The Morgan fingerprint density at radius 3 is 2.45 bits per heavy atom. The van der Waals surface area contributed by atoms with E-state index in [4.69, 9.17) is 4.74 Å². The van der Waals surface area contributed by atoms with Crippen LogP contribution in [0, 0.1) is 11.3 Å². The number of rotatable bonds is 5. The van der Waals surface area contributed by atoms with Gasteiger partial charge in [-0.25, -0.2) is 0 Å². The lowest BCUT2D eigenvalue weighted by Crippen LogP contribution is -2.68. The van der Waals surface area contributed by atoms with Gasteiger partial charge in [0.25, 0.3) is 0 Å². The molecule has 116 valence electrons. The molecule has 2 atom stereocenters. The van der Waals surface area contributed by atoms with Crippen molar-refractivity contribution in [3.05, 3.63) is 0 Å². The second kappa shape index (κ2) is 5.58. The largest absolute Gasteiger partial charge is 0.389 e. The van der Waals surface area contributed by atoms with Gasteiger partial charge in [-0.3, -0.25) is 0 Å². The Labute approximate surface area is 123 Å². The summed E-state index contributed by atoms with van der Waals surface area (Å²) in [6.45, 7) is 6.01. The number of nitrogens with one attached hydrogen (secondary N) is 1. The van der Waals surface area contributed by atoms with Crippen molar-refractivity contribution < 1.29 is 9.84 Å². The quantitative estimate of drug-likeness (QED) is 0.814. The first-order valence-electron chi connectivity index (χ1n) is 8.65. The van der Waals surface area contributed by atoms with Crippen LogP contribution in [-0.4, -0.2) is 36.0 Å². The SMILES string of the molecule is CCOC1CC(NCC2(O)CCC(C)CC2)C12CCC2. The Kier molecular flexibility index (Phi) is 4.13. The van der Waals surface area contributed by atoms with Crippen molar-refractivity contribution in [3.8, 4) is 0 Å². The molecule has 20 heavy (non-hydrogen) atoms. The number of hydrogen-bond acceptors (Lipinski definition) is 3. The molecule has 0 saturated heterocycles. The van der Waals surface area contributed by atoms with E-state index in [9.17, 15) is 5.11 Å². The molecule has 3 saturated carbocycles. The van der Waals surface area contributed by atoms with Crippen molar-refractivity contribution in [1.82, 2.24) is 5.32 Å². The third-order valence-corrected chi connectivity index (χ3v) is 6.32. The predicted octanol–water partition coefficient (Wildman–Crippen LogP) is 2.86. The zero-order valence-corrected chi connectivity index (χ0v) is 13.2. The molecule has 3 aliphatic rings. The predicted molar refractivity (Wildman–Crippen MR) is 80.7 cm³/mol. The highest BCUT2D eigenvalue weighted by Crippen LogP contribution is 2.57.